The maximum absolute atomic E-state index is 12.2. The summed E-state index contributed by atoms with van der Waals surface area (Å²) in [6.07, 6.45) is 9.84. The SMILES string of the molecule is CCOC(=O)CCCCCCC(NCCC(O)[C@H]1CC[C@@H](C)CC1)C(=O)OCC. The number of esters is 2. The predicted molar refractivity (Wildman–Crippen MR) is 115 cm³/mol. The molecule has 1 saturated carbocycles. The van der Waals surface area contributed by atoms with Crippen LogP contribution in [-0.4, -0.2) is 48.9 Å². The van der Waals surface area contributed by atoms with Crippen molar-refractivity contribution in [3.63, 3.8) is 0 Å². The van der Waals surface area contributed by atoms with Gasteiger partial charge in [-0.2, -0.15) is 0 Å². The van der Waals surface area contributed by atoms with E-state index in [1.54, 1.807) is 0 Å². The Bertz CT molecular complexity index is 449. The summed E-state index contributed by atoms with van der Waals surface area (Å²) in [7, 11) is 0. The van der Waals surface area contributed by atoms with Gasteiger partial charge in [0, 0.05) is 6.42 Å². The van der Waals surface area contributed by atoms with Crippen LogP contribution in [0, 0.1) is 11.8 Å². The Morgan fingerprint density at radius 1 is 0.966 bits per heavy atom. The van der Waals surface area contributed by atoms with Gasteiger partial charge in [0.25, 0.3) is 0 Å². The Morgan fingerprint density at radius 2 is 1.62 bits per heavy atom. The van der Waals surface area contributed by atoms with Crippen molar-refractivity contribution in [3.05, 3.63) is 0 Å². The number of hydrogen-bond acceptors (Lipinski definition) is 6. The van der Waals surface area contributed by atoms with Gasteiger partial charge in [-0.3, -0.25) is 9.59 Å². The molecule has 1 aliphatic rings. The summed E-state index contributed by atoms with van der Waals surface area (Å²) in [4.78, 5) is 23.6. The molecule has 1 aliphatic carbocycles. The Labute approximate surface area is 177 Å². The molecule has 0 radical (unpaired) electrons. The predicted octanol–water partition coefficient (Wildman–Crippen LogP) is 3.99. The minimum absolute atomic E-state index is 0.135. The standard InChI is InChI=1S/C23H43NO5/c1-4-28-22(26)11-9-7-6-8-10-20(23(27)29-5-2)24-17-16-21(25)19-14-12-18(3)13-15-19/h18-21,24-25H,4-17H2,1-3H3/t18-,19+,20?,21?. The Hall–Kier alpha value is -1.14. The first kappa shape index (κ1) is 25.9. The molecule has 1 fully saturated rings. The number of nitrogens with one attached hydrogen (secondary N) is 1. The third kappa shape index (κ3) is 11.6. The number of carbonyl (C=O) groups excluding carboxylic acids is 2. The molecule has 6 heteroatoms. The highest BCUT2D eigenvalue weighted by atomic mass is 16.5. The molecule has 2 N–H and O–H groups in total. The summed E-state index contributed by atoms with van der Waals surface area (Å²) < 4.78 is 10.1. The van der Waals surface area contributed by atoms with Crippen LogP contribution in [-0.2, 0) is 19.1 Å². The first-order valence-corrected chi connectivity index (χ1v) is 11.7. The van der Waals surface area contributed by atoms with Crippen LogP contribution in [0.15, 0.2) is 0 Å². The van der Waals surface area contributed by atoms with Gasteiger partial charge in [0.05, 0.1) is 19.3 Å². The smallest absolute Gasteiger partial charge is 0.323 e. The molecule has 0 aliphatic heterocycles. The third-order valence-corrected chi connectivity index (χ3v) is 5.94. The number of ether oxygens (including phenoxy) is 2. The molecular weight excluding hydrogens is 370 g/mol. The van der Waals surface area contributed by atoms with Gasteiger partial charge >= 0.3 is 11.9 Å². The first-order chi connectivity index (χ1) is 14.0. The number of rotatable bonds is 15. The number of hydrogen-bond donors (Lipinski definition) is 2. The van der Waals surface area contributed by atoms with Gasteiger partial charge in [0.2, 0.25) is 0 Å². The lowest BCUT2D eigenvalue weighted by atomic mass is 9.79. The second-order valence-corrected chi connectivity index (χ2v) is 8.39. The van der Waals surface area contributed by atoms with Crippen molar-refractivity contribution >= 4 is 11.9 Å². The van der Waals surface area contributed by atoms with Gasteiger partial charge < -0.3 is 19.9 Å². The lowest BCUT2D eigenvalue weighted by molar-refractivity contribution is -0.146. The molecule has 0 heterocycles. The Kier molecular flexibility index (Phi) is 14.0. The van der Waals surface area contributed by atoms with E-state index < -0.39 is 0 Å². The lowest BCUT2D eigenvalue weighted by Gasteiger charge is -2.30. The van der Waals surface area contributed by atoms with Gasteiger partial charge in [0.15, 0.2) is 0 Å². The van der Waals surface area contributed by atoms with E-state index in [2.05, 4.69) is 12.2 Å². The molecule has 0 spiro atoms. The van der Waals surface area contributed by atoms with Crippen LogP contribution in [0.25, 0.3) is 0 Å². The molecular formula is C23H43NO5. The van der Waals surface area contributed by atoms with Crippen LogP contribution < -0.4 is 5.32 Å². The minimum atomic E-state index is -0.321. The van der Waals surface area contributed by atoms with E-state index in [9.17, 15) is 14.7 Å². The van der Waals surface area contributed by atoms with Crippen molar-refractivity contribution < 1.29 is 24.2 Å². The summed E-state index contributed by atoms with van der Waals surface area (Å²) in [5.74, 6) is 0.833. The second-order valence-electron chi connectivity index (χ2n) is 8.39. The van der Waals surface area contributed by atoms with Gasteiger partial charge in [-0.25, -0.2) is 0 Å². The summed E-state index contributed by atoms with van der Waals surface area (Å²) in [5.41, 5.74) is 0. The molecule has 0 amide bonds. The van der Waals surface area contributed by atoms with E-state index in [4.69, 9.17) is 9.47 Å². The van der Waals surface area contributed by atoms with Crippen molar-refractivity contribution in [2.75, 3.05) is 19.8 Å². The molecule has 29 heavy (non-hydrogen) atoms. The van der Waals surface area contributed by atoms with E-state index in [-0.39, 0.29) is 24.1 Å². The van der Waals surface area contributed by atoms with E-state index >= 15 is 0 Å². The highest BCUT2D eigenvalue weighted by Gasteiger charge is 2.25. The zero-order valence-electron chi connectivity index (χ0n) is 18.8. The summed E-state index contributed by atoms with van der Waals surface area (Å²) >= 11 is 0. The molecule has 6 nitrogen and oxygen atoms in total. The number of aliphatic hydroxyl groups is 1. The van der Waals surface area contributed by atoms with E-state index in [0.717, 1.165) is 50.9 Å². The first-order valence-electron chi connectivity index (χ1n) is 11.7. The van der Waals surface area contributed by atoms with Crippen LogP contribution in [0.1, 0.15) is 91.4 Å². The fraction of sp³-hybridized carbons (Fsp3) is 0.913. The molecule has 0 aromatic rings. The fourth-order valence-corrected chi connectivity index (χ4v) is 4.06. The molecule has 1 rings (SSSR count). The van der Waals surface area contributed by atoms with Crippen LogP contribution in [0.3, 0.4) is 0 Å². The zero-order chi connectivity index (χ0) is 21.5. The van der Waals surface area contributed by atoms with Gasteiger partial charge in [-0.1, -0.05) is 39.0 Å². The lowest BCUT2D eigenvalue weighted by Crippen LogP contribution is -2.40. The average Bonchev–Trinajstić information content (AvgIpc) is 2.69. The number of unbranched alkanes of at least 4 members (excludes halogenated alkanes) is 3. The van der Waals surface area contributed by atoms with Crippen LogP contribution in [0.2, 0.25) is 0 Å². The van der Waals surface area contributed by atoms with Gasteiger partial charge in [-0.05, 0) is 64.3 Å². The van der Waals surface area contributed by atoms with Gasteiger partial charge in [0.1, 0.15) is 6.04 Å². The highest BCUT2D eigenvalue weighted by molar-refractivity contribution is 5.75. The number of aliphatic hydroxyl groups excluding tert-OH is 1. The van der Waals surface area contributed by atoms with Crippen molar-refractivity contribution in [3.8, 4) is 0 Å². The Morgan fingerprint density at radius 3 is 2.28 bits per heavy atom. The minimum Gasteiger partial charge on any atom is -0.466 e. The van der Waals surface area contributed by atoms with Crippen LogP contribution in [0.5, 0.6) is 0 Å². The monoisotopic (exact) mass is 413 g/mol. The van der Waals surface area contributed by atoms with Crippen molar-refractivity contribution in [1.29, 1.82) is 0 Å². The second kappa shape index (κ2) is 15.7. The highest BCUT2D eigenvalue weighted by Crippen LogP contribution is 2.31. The summed E-state index contributed by atoms with van der Waals surface area (Å²) in [6.45, 7) is 7.34. The molecule has 2 unspecified atom stereocenters. The quantitative estimate of drug-likeness (QED) is 0.312. The summed E-state index contributed by atoms with van der Waals surface area (Å²) in [6, 6.07) is -0.321. The summed E-state index contributed by atoms with van der Waals surface area (Å²) in [5, 5.41) is 13.8. The van der Waals surface area contributed by atoms with Crippen molar-refractivity contribution in [1.82, 2.24) is 5.32 Å². The molecule has 170 valence electrons. The van der Waals surface area contributed by atoms with Crippen molar-refractivity contribution in [2.24, 2.45) is 11.8 Å². The fourth-order valence-electron chi connectivity index (χ4n) is 4.06. The zero-order valence-corrected chi connectivity index (χ0v) is 18.8. The van der Waals surface area contributed by atoms with E-state index in [0.29, 0.717) is 38.5 Å². The molecule has 2 atom stereocenters. The van der Waals surface area contributed by atoms with E-state index in [1.807, 2.05) is 13.8 Å². The normalized spacial score (nSPS) is 21.4. The van der Waals surface area contributed by atoms with E-state index in [1.165, 1.54) is 12.8 Å². The molecule has 0 aromatic carbocycles. The maximum Gasteiger partial charge on any atom is 0.323 e. The maximum atomic E-state index is 12.2. The largest absolute Gasteiger partial charge is 0.466 e. The Balaban J connectivity index is 2.25. The van der Waals surface area contributed by atoms with Crippen LogP contribution >= 0.6 is 0 Å². The third-order valence-electron chi connectivity index (χ3n) is 5.94. The van der Waals surface area contributed by atoms with Gasteiger partial charge in [-0.15, -0.1) is 0 Å². The molecule has 0 saturated heterocycles. The number of carbonyl (C=O) groups is 2. The molecule has 0 bridgehead atoms. The van der Waals surface area contributed by atoms with Crippen LogP contribution in [0.4, 0.5) is 0 Å². The van der Waals surface area contributed by atoms with Crippen molar-refractivity contribution in [2.45, 2.75) is 104 Å². The molecule has 0 aromatic heterocycles. The average molecular weight is 414 g/mol. The topological polar surface area (TPSA) is 84.9 Å².